The van der Waals surface area contributed by atoms with E-state index in [1.807, 2.05) is 0 Å². The average molecular weight is 570 g/mol. The standard InChI is InChI=1S/C25H21F7N6O2/c1-12(36-19-9-35-37-22(39)21(19)25(30,31)32)5-14(26)11-38-4-3-13-6-16(17(27)7-15(13)23(38)40)18-8-34-20(10-33-18)24(2,28)29/h3-4,6-10,12,14H,5,11H2,1-2H3,(H2,36,37,39)/t12-,14+/m0/s1. The lowest BCUT2D eigenvalue weighted by molar-refractivity contribution is -0.138. The Balaban J connectivity index is 1.51. The van der Waals surface area contributed by atoms with Crippen molar-refractivity contribution in [3.63, 3.8) is 0 Å². The van der Waals surface area contributed by atoms with Gasteiger partial charge in [0.25, 0.3) is 17.0 Å². The maximum atomic E-state index is 14.9. The first-order valence-electron chi connectivity index (χ1n) is 11.7. The number of halogens is 7. The highest BCUT2D eigenvalue weighted by Crippen LogP contribution is 2.32. The second-order valence-electron chi connectivity index (χ2n) is 9.23. The maximum absolute atomic E-state index is 14.9. The van der Waals surface area contributed by atoms with E-state index < -0.39 is 64.7 Å². The Labute approximate surface area is 220 Å². The average Bonchev–Trinajstić information content (AvgIpc) is 2.84. The maximum Gasteiger partial charge on any atom is 0.423 e. The SMILES string of the molecule is C[C@@H](C[C@@H](F)Cn1ccc2cc(-c3cnc(C(C)(F)F)cn3)c(F)cc2c1=O)Nc1cn[nH]c(=O)c1C(F)(F)F. The summed E-state index contributed by atoms with van der Waals surface area (Å²) in [7, 11) is 0. The van der Waals surface area contributed by atoms with E-state index in [1.165, 1.54) is 25.3 Å². The Bertz CT molecular complexity index is 1650. The predicted molar refractivity (Wildman–Crippen MR) is 131 cm³/mol. The van der Waals surface area contributed by atoms with Gasteiger partial charge in [0.2, 0.25) is 0 Å². The fraction of sp³-hybridized carbons (Fsp3) is 0.320. The molecule has 0 spiro atoms. The summed E-state index contributed by atoms with van der Waals surface area (Å²) in [6.45, 7) is 1.55. The number of pyridine rings is 1. The van der Waals surface area contributed by atoms with Crippen molar-refractivity contribution < 1.29 is 30.7 Å². The minimum Gasteiger partial charge on any atom is -0.381 e. The number of aromatic amines is 1. The van der Waals surface area contributed by atoms with Crippen LogP contribution in [-0.4, -0.2) is 36.9 Å². The fourth-order valence-electron chi connectivity index (χ4n) is 4.12. The van der Waals surface area contributed by atoms with Crippen molar-refractivity contribution in [3.05, 3.63) is 80.8 Å². The minimum atomic E-state index is -4.97. The lowest BCUT2D eigenvalue weighted by atomic mass is 10.1. The van der Waals surface area contributed by atoms with Crippen molar-refractivity contribution in [2.45, 2.75) is 51.1 Å². The van der Waals surface area contributed by atoms with Crippen molar-refractivity contribution >= 4 is 16.5 Å². The number of aromatic nitrogens is 5. The number of anilines is 1. The molecule has 0 amide bonds. The number of hydrogen-bond donors (Lipinski definition) is 2. The van der Waals surface area contributed by atoms with Gasteiger partial charge in [-0.15, -0.1) is 0 Å². The van der Waals surface area contributed by atoms with E-state index >= 15 is 0 Å². The molecule has 1 aromatic carbocycles. The van der Waals surface area contributed by atoms with Crippen LogP contribution in [0.25, 0.3) is 22.0 Å². The summed E-state index contributed by atoms with van der Waals surface area (Å²) in [5.74, 6) is -4.11. The molecule has 15 heteroatoms. The van der Waals surface area contributed by atoms with Gasteiger partial charge in [-0.3, -0.25) is 19.6 Å². The zero-order valence-corrected chi connectivity index (χ0v) is 20.9. The molecular formula is C25H21F7N6O2. The molecule has 0 unspecified atom stereocenters. The van der Waals surface area contributed by atoms with Crippen LogP contribution in [0.15, 0.2) is 52.6 Å². The molecule has 3 aromatic heterocycles. The van der Waals surface area contributed by atoms with Crippen LogP contribution in [0.4, 0.5) is 36.4 Å². The van der Waals surface area contributed by atoms with Gasteiger partial charge >= 0.3 is 6.18 Å². The van der Waals surface area contributed by atoms with Gasteiger partial charge in [-0.2, -0.15) is 27.1 Å². The molecule has 0 saturated heterocycles. The molecule has 0 aliphatic rings. The molecule has 8 nitrogen and oxygen atoms in total. The summed E-state index contributed by atoms with van der Waals surface area (Å²) >= 11 is 0. The summed E-state index contributed by atoms with van der Waals surface area (Å²) < 4.78 is 97.2. The Kier molecular flexibility index (Phi) is 7.67. The lowest BCUT2D eigenvalue weighted by Crippen LogP contribution is -2.30. The first kappa shape index (κ1) is 28.7. The Morgan fingerprint density at radius 3 is 2.42 bits per heavy atom. The third-order valence-corrected chi connectivity index (χ3v) is 5.99. The van der Waals surface area contributed by atoms with Crippen LogP contribution in [0.1, 0.15) is 31.5 Å². The van der Waals surface area contributed by atoms with Crippen LogP contribution in [-0.2, 0) is 18.6 Å². The molecule has 2 N–H and O–H groups in total. The number of nitrogens with one attached hydrogen (secondary N) is 2. The monoisotopic (exact) mass is 570 g/mol. The number of rotatable bonds is 8. The van der Waals surface area contributed by atoms with Gasteiger partial charge in [0.05, 0.1) is 41.9 Å². The quantitative estimate of drug-likeness (QED) is 0.288. The summed E-state index contributed by atoms with van der Waals surface area (Å²) in [5.41, 5.74) is -5.01. The molecule has 4 rings (SSSR count). The van der Waals surface area contributed by atoms with E-state index in [0.717, 1.165) is 29.2 Å². The second kappa shape index (κ2) is 10.7. The van der Waals surface area contributed by atoms with Gasteiger partial charge in [-0.25, -0.2) is 13.9 Å². The van der Waals surface area contributed by atoms with Crippen LogP contribution >= 0.6 is 0 Å². The van der Waals surface area contributed by atoms with Gasteiger partial charge in [-0.1, -0.05) is 0 Å². The summed E-state index contributed by atoms with van der Waals surface area (Å²) in [4.78, 5) is 32.0. The number of benzene rings is 1. The zero-order chi connectivity index (χ0) is 29.4. The van der Waals surface area contributed by atoms with E-state index in [2.05, 4.69) is 20.4 Å². The van der Waals surface area contributed by atoms with Gasteiger partial charge in [-0.05, 0) is 30.5 Å². The van der Waals surface area contributed by atoms with E-state index in [1.54, 1.807) is 5.10 Å². The molecule has 0 radical (unpaired) electrons. The third kappa shape index (κ3) is 6.13. The molecule has 212 valence electrons. The topological polar surface area (TPSA) is 106 Å². The van der Waals surface area contributed by atoms with Crippen molar-refractivity contribution in [1.82, 2.24) is 24.7 Å². The third-order valence-electron chi connectivity index (χ3n) is 5.99. The molecule has 0 aliphatic carbocycles. The first-order valence-corrected chi connectivity index (χ1v) is 11.7. The van der Waals surface area contributed by atoms with E-state index in [0.29, 0.717) is 6.92 Å². The molecule has 0 bridgehead atoms. The highest BCUT2D eigenvalue weighted by molar-refractivity contribution is 5.86. The van der Waals surface area contributed by atoms with Gasteiger partial charge in [0, 0.05) is 31.1 Å². The largest absolute Gasteiger partial charge is 0.423 e. The fourth-order valence-corrected chi connectivity index (χ4v) is 4.12. The summed E-state index contributed by atoms with van der Waals surface area (Å²) in [5, 5.41) is 7.65. The normalized spacial score (nSPS) is 13.8. The lowest BCUT2D eigenvalue weighted by Gasteiger charge is -2.20. The second-order valence-corrected chi connectivity index (χ2v) is 9.23. The number of fused-ring (bicyclic) bond motifs is 1. The number of H-pyrrole nitrogens is 1. The van der Waals surface area contributed by atoms with Crippen LogP contribution in [0.3, 0.4) is 0 Å². The molecule has 2 atom stereocenters. The molecule has 0 aliphatic heterocycles. The van der Waals surface area contributed by atoms with Crippen molar-refractivity contribution in [1.29, 1.82) is 0 Å². The number of hydrogen-bond acceptors (Lipinski definition) is 6. The number of nitrogens with zero attached hydrogens (tertiary/aromatic N) is 4. The van der Waals surface area contributed by atoms with Crippen LogP contribution < -0.4 is 16.4 Å². The predicted octanol–water partition coefficient (Wildman–Crippen LogP) is 5.04. The molecule has 4 aromatic rings. The zero-order valence-electron chi connectivity index (χ0n) is 20.9. The van der Waals surface area contributed by atoms with Crippen LogP contribution in [0.2, 0.25) is 0 Å². The molecule has 0 saturated carbocycles. The minimum absolute atomic E-state index is 0.0359. The van der Waals surface area contributed by atoms with Gasteiger partial charge < -0.3 is 9.88 Å². The first-order chi connectivity index (χ1) is 18.6. The number of alkyl halides is 6. The van der Waals surface area contributed by atoms with Crippen LogP contribution in [0.5, 0.6) is 0 Å². The van der Waals surface area contributed by atoms with Crippen LogP contribution in [0, 0.1) is 5.82 Å². The van der Waals surface area contributed by atoms with Crippen molar-refractivity contribution in [2.24, 2.45) is 0 Å². The summed E-state index contributed by atoms with van der Waals surface area (Å²) in [6, 6.07) is 2.74. The Hall–Kier alpha value is -4.30. The van der Waals surface area contributed by atoms with Gasteiger partial charge in [0.15, 0.2) is 0 Å². The van der Waals surface area contributed by atoms with Crippen molar-refractivity contribution in [2.75, 3.05) is 5.32 Å². The van der Waals surface area contributed by atoms with Crippen molar-refractivity contribution in [3.8, 4) is 11.3 Å². The molecule has 0 fully saturated rings. The smallest absolute Gasteiger partial charge is 0.381 e. The highest BCUT2D eigenvalue weighted by Gasteiger charge is 2.37. The van der Waals surface area contributed by atoms with E-state index in [4.69, 9.17) is 0 Å². The molecular weight excluding hydrogens is 549 g/mol. The van der Waals surface area contributed by atoms with E-state index in [9.17, 15) is 40.3 Å². The Morgan fingerprint density at radius 1 is 1.07 bits per heavy atom. The van der Waals surface area contributed by atoms with E-state index in [-0.39, 0.29) is 28.5 Å². The molecule has 40 heavy (non-hydrogen) atoms. The molecule has 3 heterocycles. The summed E-state index contributed by atoms with van der Waals surface area (Å²) in [6.07, 6.45) is -3.17. The highest BCUT2D eigenvalue weighted by atomic mass is 19.4. The van der Waals surface area contributed by atoms with Gasteiger partial charge in [0.1, 0.15) is 23.2 Å². The Morgan fingerprint density at radius 2 is 1.80 bits per heavy atom.